The lowest BCUT2D eigenvalue weighted by Crippen LogP contribution is -2.49. The number of hydrogen-bond acceptors (Lipinski definition) is 6. The quantitative estimate of drug-likeness (QED) is 0.463. The summed E-state index contributed by atoms with van der Waals surface area (Å²) in [5, 5.41) is 10.5. The number of nitrogens with one attached hydrogen (secondary N) is 2. The number of nitrogens with two attached hydrogens (primary N) is 1. The van der Waals surface area contributed by atoms with Gasteiger partial charge in [-0.3, -0.25) is 14.5 Å². The summed E-state index contributed by atoms with van der Waals surface area (Å²) in [5.41, 5.74) is 3.10. The van der Waals surface area contributed by atoms with Crippen molar-refractivity contribution in [3.63, 3.8) is 0 Å². The van der Waals surface area contributed by atoms with Gasteiger partial charge in [0.15, 0.2) is 0 Å². The van der Waals surface area contributed by atoms with E-state index >= 15 is 0 Å². The predicted molar refractivity (Wildman–Crippen MR) is 131 cm³/mol. The maximum atomic E-state index is 12.4. The molecule has 3 rings (SSSR count). The molecule has 0 saturated carbocycles. The van der Waals surface area contributed by atoms with E-state index in [0.717, 1.165) is 37.3 Å². The average molecular weight is 488 g/mol. The SMILES string of the molecule is Cc1ccc(C(CNC(=O)C(=O)NCCc2ccc(S(N)(=O)=O)cc2)N2CCN(C)CC2)cc1. The number of likely N-dealkylation sites (N-methyl/N-ethyl adjacent to an activating group) is 1. The summed E-state index contributed by atoms with van der Waals surface area (Å²) in [6.07, 6.45) is 0.456. The molecule has 0 spiro atoms. The lowest BCUT2D eigenvalue weighted by molar-refractivity contribution is -0.139. The van der Waals surface area contributed by atoms with Crippen molar-refractivity contribution in [2.24, 2.45) is 5.14 Å². The number of hydrogen-bond donors (Lipinski definition) is 3. The van der Waals surface area contributed by atoms with Crippen molar-refractivity contribution in [3.8, 4) is 0 Å². The van der Waals surface area contributed by atoms with Gasteiger partial charge in [0.25, 0.3) is 0 Å². The van der Waals surface area contributed by atoms with Crippen LogP contribution in [-0.2, 0) is 26.0 Å². The Labute approximate surface area is 201 Å². The van der Waals surface area contributed by atoms with E-state index in [2.05, 4.69) is 51.7 Å². The normalized spacial score (nSPS) is 16.1. The molecule has 1 unspecified atom stereocenters. The zero-order valence-corrected chi connectivity index (χ0v) is 20.5. The topological polar surface area (TPSA) is 125 Å². The monoisotopic (exact) mass is 487 g/mol. The molecule has 1 atom stereocenters. The minimum absolute atomic E-state index is 0.0108. The van der Waals surface area contributed by atoms with Crippen LogP contribution in [-0.4, -0.2) is 76.3 Å². The fourth-order valence-electron chi connectivity index (χ4n) is 3.90. The standard InChI is InChI=1S/C24H33N5O4S/c1-18-3-7-20(8-4-18)22(29-15-13-28(2)14-16-29)17-27-24(31)23(30)26-12-11-19-5-9-21(10-6-19)34(25,32)33/h3-10,22H,11-17H2,1-2H3,(H,26,30)(H,27,31)(H2,25,32,33). The molecular weight excluding hydrogens is 454 g/mol. The lowest BCUT2D eigenvalue weighted by atomic mass is 10.0. The predicted octanol–water partition coefficient (Wildman–Crippen LogP) is 0.406. The number of piperazine rings is 1. The molecule has 2 aromatic carbocycles. The molecule has 0 aromatic heterocycles. The summed E-state index contributed by atoms with van der Waals surface area (Å²) in [4.78, 5) is 29.4. The highest BCUT2D eigenvalue weighted by molar-refractivity contribution is 7.89. The number of carbonyl (C=O) groups is 2. The van der Waals surface area contributed by atoms with E-state index in [1.165, 1.54) is 17.7 Å². The first-order chi connectivity index (χ1) is 16.1. The first kappa shape index (κ1) is 25.8. The van der Waals surface area contributed by atoms with Crippen LogP contribution in [0, 0.1) is 6.92 Å². The number of nitrogens with zero attached hydrogens (tertiary/aromatic N) is 2. The van der Waals surface area contributed by atoms with Crippen molar-refractivity contribution in [1.29, 1.82) is 0 Å². The lowest BCUT2D eigenvalue weighted by Gasteiger charge is -2.38. The van der Waals surface area contributed by atoms with Gasteiger partial charge in [0.1, 0.15) is 0 Å². The highest BCUT2D eigenvalue weighted by Gasteiger charge is 2.25. The first-order valence-electron chi connectivity index (χ1n) is 11.3. The van der Waals surface area contributed by atoms with Gasteiger partial charge in [0, 0.05) is 39.3 Å². The van der Waals surface area contributed by atoms with Gasteiger partial charge < -0.3 is 15.5 Å². The second-order valence-corrected chi connectivity index (χ2v) is 10.2. The number of carbonyl (C=O) groups excluding carboxylic acids is 2. The second kappa shape index (κ2) is 11.6. The minimum atomic E-state index is -3.74. The fourth-order valence-corrected chi connectivity index (χ4v) is 4.41. The zero-order chi connectivity index (χ0) is 24.7. The molecule has 0 radical (unpaired) electrons. The number of sulfonamides is 1. The van der Waals surface area contributed by atoms with Crippen molar-refractivity contribution < 1.29 is 18.0 Å². The van der Waals surface area contributed by atoms with Crippen LogP contribution in [0.2, 0.25) is 0 Å². The van der Waals surface area contributed by atoms with Crippen LogP contribution in [0.25, 0.3) is 0 Å². The summed E-state index contributed by atoms with van der Waals surface area (Å²) in [5.74, 6) is -1.36. The second-order valence-electron chi connectivity index (χ2n) is 8.67. The summed E-state index contributed by atoms with van der Waals surface area (Å²) in [6, 6.07) is 14.4. The van der Waals surface area contributed by atoms with Crippen molar-refractivity contribution in [2.75, 3.05) is 46.3 Å². The Hall–Kier alpha value is -2.79. The van der Waals surface area contributed by atoms with Gasteiger partial charge in [-0.1, -0.05) is 42.0 Å². The van der Waals surface area contributed by atoms with Gasteiger partial charge >= 0.3 is 11.8 Å². The average Bonchev–Trinajstić information content (AvgIpc) is 2.81. The van der Waals surface area contributed by atoms with E-state index in [9.17, 15) is 18.0 Å². The van der Waals surface area contributed by atoms with Gasteiger partial charge in [-0.15, -0.1) is 0 Å². The van der Waals surface area contributed by atoms with Crippen LogP contribution in [0.5, 0.6) is 0 Å². The van der Waals surface area contributed by atoms with Crippen molar-refractivity contribution in [3.05, 3.63) is 65.2 Å². The third-order valence-electron chi connectivity index (χ3n) is 6.05. The van der Waals surface area contributed by atoms with Gasteiger partial charge in [0.2, 0.25) is 10.0 Å². The van der Waals surface area contributed by atoms with Crippen LogP contribution < -0.4 is 15.8 Å². The van der Waals surface area contributed by atoms with E-state index in [4.69, 9.17) is 5.14 Å². The highest BCUT2D eigenvalue weighted by Crippen LogP contribution is 2.22. The molecule has 2 aromatic rings. The smallest absolute Gasteiger partial charge is 0.309 e. The molecule has 1 fully saturated rings. The van der Waals surface area contributed by atoms with Crippen LogP contribution >= 0.6 is 0 Å². The number of primary sulfonamides is 1. The number of amides is 2. The molecule has 9 nitrogen and oxygen atoms in total. The summed E-state index contributed by atoms with van der Waals surface area (Å²) < 4.78 is 22.6. The highest BCUT2D eigenvalue weighted by atomic mass is 32.2. The third-order valence-corrected chi connectivity index (χ3v) is 6.98. The van der Waals surface area contributed by atoms with Crippen molar-refractivity contribution in [2.45, 2.75) is 24.3 Å². The van der Waals surface area contributed by atoms with Gasteiger partial charge in [-0.25, -0.2) is 13.6 Å². The van der Waals surface area contributed by atoms with E-state index in [1.54, 1.807) is 12.1 Å². The third kappa shape index (κ3) is 7.36. The molecule has 1 saturated heterocycles. The molecule has 1 aliphatic heterocycles. The van der Waals surface area contributed by atoms with E-state index in [1.807, 2.05) is 6.92 Å². The fraction of sp³-hybridized carbons (Fsp3) is 0.417. The molecule has 1 aliphatic rings. The van der Waals surface area contributed by atoms with Crippen LogP contribution in [0.15, 0.2) is 53.4 Å². The Morgan fingerprint density at radius 1 is 0.941 bits per heavy atom. The van der Waals surface area contributed by atoms with Gasteiger partial charge in [-0.2, -0.15) is 0 Å². The molecule has 0 bridgehead atoms. The largest absolute Gasteiger partial charge is 0.348 e. The maximum Gasteiger partial charge on any atom is 0.309 e. The van der Waals surface area contributed by atoms with Crippen LogP contribution in [0.4, 0.5) is 0 Å². The molecule has 0 aliphatic carbocycles. The summed E-state index contributed by atoms with van der Waals surface area (Å²) in [6.45, 7) is 6.32. The zero-order valence-electron chi connectivity index (χ0n) is 19.7. The van der Waals surface area contributed by atoms with E-state index < -0.39 is 21.8 Å². The Morgan fingerprint density at radius 2 is 1.53 bits per heavy atom. The van der Waals surface area contributed by atoms with Crippen molar-refractivity contribution in [1.82, 2.24) is 20.4 Å². The molecule has 4 N–H and O–H groups in total. The van der Waals surface area contributed by atoms with Crippen molar-refractivity contribution >= 4 is 21.8 Å². The van der Waals surface area contributed by atoms with Crippen LogP contribution in [0.1, 0.15) is 22.7 Å². The Kier molecular flexibility index (Phi) is 8.78. The number of rotatable bonds is 8. The molecule has 2 amide bonds. The summed E-state index contributed by atoms with van der Waals surface area (Å²) in [7, 11) is -1.64. The molecule has 1 heterocycles. The van der Waals surface area contributed by atoms with Gasteiger partial charge in [-0.05, 0) is 43.7 Å². The Morgan fingerprint density at radius 3 is 2.12 bits per heavy atom. The molecule has 184 valence electrons. The maximum absolute atomic E-state index is 12.4. The minimum Gasteiger partial charge on any atom is -0.348 e. The van der Waals surface area contributed by atoms with E-state index in [-0.39, 0.29) is 17.5 Å². The van der Waals surface area contributed by atoms with Crippen LogP contribution in [0.3, 0.4) is 0 Å². The Balaban J connectivity index is 1.52. The molecule has 10 heteroatoms. The molecule has 34 heavy (non-hydrogen) atoms. The molecular formula is C24H33N5O4S. The van der Waals surface area contributed by atoms with E-state index in [0.29, 0.717) is 13.0 Å². The number of benzene rings is 2. The Bertz CT molecular complexity index is 1080. The summed E-state index contributed by atoms with van der Waals surface area (Å²) >= 11 is 0. The number of aryl methyl sites for hydroxylation is 1. The first-order valence-corrected chi connectivity index (χ1v) is 12.8. The van der Waals surface area contributed by atoms with Gasteiger partial charge in [0.05, 0.1) is 10.9 Å².